The van der Waals surface area contributed by atoms with Gasteiger partial charge in [0.2, 0.25) is 5.91 Å². The second-order valence-corrected chi connectivity index (χ2v) is 5.75. The molecule has 1 aromatic carbocycles. The highest BCUT2D eigenvalue weighted by atomic mass is 35.5. The second kappa shape index (κ2) is 4.47. The van der Waals surface area contributed by atoms with Crippen molar-refractivity contribution in [1.29, 1.82) is 0 Å². The third-order valence-corrected chi connectivity index (χ3v) is 4.40. The van der Waals surface area contributed by atoms with Gasteiger partial charge in [0.1, 0.15) is 5.75 Å². The van der Waals surface area contributed by atoms with E-state index in [1.807, 2.05) is 4.90 Å². The number of aromatic hydroxyl groups is 1. The number of carbonyl (C=O) groups is 1. The minimum atomic E-state index is 0.0631. The number of amides is 1. The van der Waals surface area contributed by atoms with Crippen molar-refractivity contribution in [3.63, 3.8) is 0 Å². The van der Waals surface area contributed by atoms with Crippen LogP contribution in [0.4, 0.5) is 0 Å². The molecule has 1 N–H and O–H groups in total. The molecule has 0 aromatic heterocycles. The van der Waals surface area contributed by atoms with E-state index in [1.165, 1.54) is 12.8 Å². The fourth-order valence-electron chi connectivity index (χ4n) is 3.17. The molecule has 2 bridgehead atoms. The van der Waals surface area contributed by atoms with Gasteiger partial charge in [0.15, 0.2) is 0 Å². The van der Waals surface area contributed by atoms with E-state index in [0.29, 0.717) is 17.5 Å². The van der Waals surface area contributed by atoms with Crippen LogP contribution in [0.2, 0.25) is 5.02 Å². The fraction of sp³-hybridized carbons (Fsp3) is 0.500. The van der Waals surface area contributed by atoms with Gasteiger partial charge in [0, 0.05) is 12.6 Å². The Kier molecular flexibility index (Phi) is 2.94. The smallest absolute Gasteiger partial charge is 0.227 e. The highest BCUT2D eigenvalue weighted by Crippen LogP contribution is 2.37. The summed E-state index contributed by atoms with van der Waals surface area (Å²) < 4.78 is 0. The minimum Gasteiger partial charge on any atom is -0.506 e. The molecule has 3 rings (SSSR count). The lowest BCUT2D eigenvalue weighted by Crippen LogP contribution is -2.38. The van der Waals surface area contributed by atoms with E-state index >= 15 is 0 Å². The number of piperidine rings is 1. The molecule has 1 heterocycles. The normalized spacial score (nSPS) is 25.7. The van der Waals surface area contributed by atoms with Gasteiger partial charge in [-0.25, -0.2) is 0 Å². The van der Waals surface area contributed by atoms with Crippen molar-refractivity contribution in [3.8, 4) is 5.75 Å². The first-order valence-corrected chi connectivity index (χ1v) is 6.78. The highest BCUT2D eigenvalue weighted by molar-refractivity contribution is 6.32. The van der Waals surface area contributed by atoms with Crippen LogP contribution in [-0.2, 0) is 11.2 Å². The number of fused-ring (bicyclic) bond motifs is 2. The molecule has 96 valence electrons. The number of likely N-dealkylation sites (tertiary alicyclic amines) is 1. The van der Waals surface area contributed by atoms with Crippen LogP contribution in [0, 0.1) is 5.92 Å². The molecule has 2 atom stereocenters. The number of carbonyl (C=O) groups excluding carboxylic acids is 1. The number of hydrogen-bond donors (Lipinski definition) is 1. The average molecular weight is 266 g/mol. The minimum absolute atomic E-state index is 0.0631. The Bertz CT molecular complexity index is 489. The lowest BCUT2D eigenvalue weighted by atomic mass is 10.1. The molecule has 4 heteroatoms. The van der Waals surface area contributed by atoms with E-state index in [-0.39, 0.29) is 11.7 Å². The lowest BCUT2D eigenvalue weighted by molar-refractivity contribution is -0.132. The van der Waals surface area contributed by atoms with Gasteiger partial charge >= 0.3 is 0 Å². The van der Waals surface area contributed by atoms with Crippen molar-refractivity contribution < 1.29 is 9.90 Å². The van der Waals surface area contributed by atoms with Gasteiger partial charge in [-0.15, -0.1) is 0 Å². The largest absolute Gasteiger partial charge is 0.506 e. The third-order valence-electron chi connectivity index (χ3n) is 4.10. The average Bonchev–Trinajstić information content (AvgIpc) is 2.96. The fourth-order valence-corrected chi connectivity index (χ4v) is 3.37. The van der Waals surface area contributed by atoms with Gasteiger partial charge in [-0.3, -0.25) is 4.79 Å². The lowest BCUT2D eigenvalue weighted by Gasteiger charge is -2.27. The summed E-state index contributed by atoms with van der Waals surface area (Å²) in [5.41, 5.74) is 0.866. The van der Waals surface area contributed by atoms with Crippen molar-refractivity contribution in [2.75, 3.05) is 6.54 Å². The van der Waals surface area contributed by atoms with Crippen LogP contribution in [0.15, 0.2) is 18.2 Å². The zero-order valence-electron chi connectivity index (χ0n) is 10.1. The quantitative estimate of drug-likeness (QED) is 0.893. The van der Waals surface area contributed by atoms with Crippen LogP contribution in [0.3, 0.4) is 0 Å². The monoisotopic (exact) mass is 265 g/mol. The number of rotatable bonds is 2. The van der Waals surface area contributed by atoms with E-state index in [9.17, 15) is 9.90 Å². The molecule has 1 aliphatic heterocycles. The Morgan fingerprint density at radius 1 is 1.44 bits per heavy atom. The summed E-state index contributed by atoms with van der Waals surface area (Å²) in [4.78, 5) is 14.2. The van der Waals surface area contributed by atoms with Crippen LogP contribution >= 0.6 is 11.6 Å². The Morgan fingerprint density at radius 3 is 2.89 bits per heavy atom. The standard InChI is InChI=1S/C14H16ClNO2/c15-12-6-9(2-4-13(12)17)7-14(18)16-8-10-1-3-11(16)5-10/h2,4,6,10-11,17H,1,3,5,7-8H2/t10-,11-/m0/s1. The van der Waals surface area contributed by atoms with E-state index in [1.54, 1.807) is 18.2 Å². The molecule has 3 nitrogen and oxygen atoms in total. The van der Waals surface area contributed by atoms with E-state index in [0.717, 1.165) is 24.4 Å². The van der Waals surface area contributed by atoms with Crippen molar-refractivity contribution >= 4 is 17.5 Å². The van der Waals surface area contributed by atoms with Crippen LogP contribution in [0.25, 0.3) is 0 Å². The van der Waals surface area contributed by atoms with E-state index < -0.39 is 0 Å². The topological polar surface area (TPSA) is 40.5 Å². The van der Waals surface area contributed by atoms with Gasteiger partial charge in [0.05, 0.1) is 11.4 Å². The molecule has 1 aromatic rings. The Hall–Kier alpha value is -1.22. The summed E-state index contributed by atoms with van der Waals surface area (Å²) in [6.07, 6.45) is 4.00. The zero-order valence-corrected chi connectivity index (χ0v) is 10.9. The first kappa shape index (κ1) is 11.8. The predicted molar refractivity (Wildman–Crippen MR) is 69.7 cm³/mol. The van der Waals surface area contributed by atoms with Crippen LogP contribution in [-0.4, -0.2) is 28.5 Å². The van der Waals surface area contributed by atoms with Gasteiger partial charge in [-0.2, -0.15) is 0 Å². The summed E-state index contributed by atoms with van der Waals surface area (Å²) in [6, 6.07) is 5.44. The molecule has 18 heavy (non-hydrogen) atoms. The molecule has 1 saturated heterocycles. The third kappa shape index (κ3) is 2.07. The molecular formula is C14H16ClNO2. The number of phenols is 1. The summed E-state index contributed by atoms with van der Waals surface area (Å²) in [5, 5.41) is 9.66. The van der Waals surface area contributed by atoms with Crippen molar-refractivity contribution in [2.45, 2.75) is 31.7 Å². The van der Waals surface area contributed by atoms with Crippen LogP contribution in [0.1, 0.15) is 24.8 Å². The Labute approximate surface area is 111 Å². The van der Waals surface area contributed by atoms with E-state index in [2.05, 4.69) is 0 Å². The molecule has 2 fully saturated rings. The predicted octanol–water partition coefficient (Wildman–Crippen LogP) is 2.60. The molecule has 1 saturated carbocycles. The highest BCUT2D eigenvalue weighted by Gasteiger charge is 2.39. The number of nitrogens with zero attached hydrogens (tertiary/aromatic N) is 1. The van der Waals surface area contributed by atoms with Crippen molar-refractivity contribution in [1.82, 2.24) is 4.90 Å². The molecular weight excluding hydrogens is 250 g/mol. The second-order valence-electron chi connectivity index (χ2n) is 5.34. The van der Waals surface area contributed by atoms with Crippen molar-refractivity contribution in [2.24, 2.45) is 5.92 Å². The summed E-state index contributed by atoms with van der Waals surface area (Å²) >= 11 is 5.85. The van der Waals surface area contributed by atoms with Gasteiger partial charge < -0.3 is 10.0 Å². The molecule has 0 radical (unpaired) electrons. The van der Waals surface area contributed by atoms with E-state index in [4.69, 9.17) is 11.6 Å². The molecule has 0 unspecified atom stereocenters. The molecule has 1 aliphatic carbocycles. The number of halogens is 1. The molecule has 1 amide bonds. The molecule has 0 spiro atoms. The Balaban J connectivity index is 1.69. The first-order valence-electron chi connectivity index (χ1n) is 6.40. The van der Waals surface area contributed by atoms with Crippen LogP contribution < -0.4 is 0 Å². The number of hydrogen-bond acceptors (Lipinski definition) is 2. The van der Waals surface area contributed by atoms with Gasteiger partial charge in [-0.05, 0) is 42.9 Å². The SMILES string of the molecule is O=C(Cc1ccc(O)c(Cl)c1)N1C[C@H]2CC[C@H]1C2. The Morgan fingerprint density at radius 2 is 2.28 bits per heavy atom. The zero-order chi connectivity index (χ0) is 12.7. The number of phenolic OH excluding ortho intramolecular Hbond substituents is 1. The summed E-state index contributed by atoms with van der Waals surface area (Å²) in [6.45, 7) is 0.926. The van der Waals surface area contributed by atoms with Crippen LogP contribution in [0.5, 0.6) is 5.75 Å². The summed E-state index contributed by atoms with van der Waals surface area (Å²) in [5.74, 6) is 0.972. The maximum atomic E-state index is 12.2. The van der Waals surface area contributed by atoms with Gasteiger partial charge in [-0.1, -0.05) is 17.7 Å². The summed E-state index contributed by atoms with van der Waals surface area (Å²) in [7, 11) is 0. The van der Waals surface area contributed by atoms with Gasteiger partial charge in [0.25, 0.3) is 0 Å². The van der Waals surface area contributed by atoms with Crippen molar-refractivity contribution in [3.05, 3.63) is 28.8 Å². The maximum absolute atomic E-state index is 12.2. The molecule has 2 aliphatic rings. The number of benzene rings is 1. The first-order chi connectivity index (χ1) is 8.63. The maximum Gasteiger partial charge on any atom is 0.227 e.